The molecule has 0 aliphatic carbocycles. The van der Waals surface area contributed by atoms with Crippen LogP contribution in [0.2, 0.25) is 5.02 Å². The van der Waals surface area contributed by atoms with E-state index in [0.717, 1.165) is 11.1 Å². The molecule has 1 saturated heterocycles. The van der Waals surface area contributed by atoms with Gasteiger partial charge in [-0.25, -0.2) is 0 Å². The molecule has 3 rings (SSSR count). The topological polar surface area (TPSA) is 49.4 Å². The molecule has 0 aromatic heterocycles. The van der Waals surface area contributed by atoms with Crippen molar-refractivity contribution in [1.29, 1.82) is 0 Å². The summed E-state index contributed by atoms with van der Waals surface area (Å²) in [6.07, 6.45) is 1.56. The van der Waals surface area contributed by atoms with E-state index in [9.17, 15) is 9.59 Å². The van der Waals surface area contributed by atoms with Gasteiger partial charge in [0, 0.05) is 5.02 Å². The molecule has 6 heteroatoms. The van der Waals surface area contributed by atoms with Crippen LogP contribution in [0.5, 0.6) is 0 Å². The molecule has 0 bridgehead atoms. The van der Waals surface area contributed by atoms with E-state index < -0.39 is 11.8 Å². The highest BCUT2D eigenvalue weighted by Gasteiger charge is 2.34. The van der Waals surface area contributed by atoms with Gasteiger partial charge in [-0.2, -0.15) is 0 Å². The Morgan fingerprint density at radius 3 is 2.50 bits per heavy atom. The first-order chi connectivity index (χ1) is 11.5. The van der Waals surface area contributed by atoms with E-state index in [4.69, 9.17) is 23.8 Å². The van der Waals surface area contributed by atoms with E-state index >= 15 is 0 Å². The quantitative estimate of drug-likeness (QED) is 0.509. The molecule has 1 N–H and O–H groups in total. The van der Waals surface area contributed by atoms with Gasteiger partial charge >= 0.3 is 0 Å². The Morgan fingerprint density at radius 1 is 1.12 bits per heavy atom. The number of carbonyl (C=O) groups is 2. The van der Waals surface area contributed by atoms with E-state index in [-0.39, 0.29) is 10.7 Å². The summed E-state index contributed by atoms with van der Waals surface area (Å²) in [6.45, 7) is 1.94. The third-order valence-corrected chi connectivity index (χ3v) is 4.08. The molecule has 0 radical (unpaired) electrons. The Morgan fingerprint density at radius 2 is 1.83 bits per heavy atom. The molecule has 1 fully saturated rings. The van der Waals surface area contributed by atoms with Crippen LogP contribution < -0.4 is 10.2 Å². The summed E-state index contributed by atoms with van der Waals surface area (Å²) in [6, 6.07) is 14.2. The number of rotatable bonds is 2. The number of halogens is 1. The molecular formula is C18H13ClN2O2S. The Labute approximate surface area is 149 Å². The molecule has 2 aromatic rings. The van der Waals surface area contributed by atoms with E-state index in [0.29, 0.717) is 10.7 Å². The Balaban J connectivity index is 2.01. The molecule has 24 heavy (non-hydrogen) atoms. The zero-order valence-electron chi connectivity index (χ0n) is 12.7. The third kappa shape index (κ3) is 3.22. The molecule has 1 aliphatic heterocycles. The Kier molecular flexibility index (Phi) is 4.46. The van der Waals surface area contributed by atoms with Gasteiger partial charge in [0.15, 0.2) is 5.11 Å². The summed E-state index contributed by atoms with van der Waals surface area (Å²) in [5.74, 6) is -0.968. The van der Waals surface area contributed by atoms with Crippen LogP contribution in [0.15, 0.2) is 54.1 Å². The highest BCUT2D eigenvalue weighted by atomic mass is 35.5. The van der Waals surface area contributed by atoms with Gasteiger partial charge in [0.2, 0.25) is 0 Å². The first kappa shape index (κ1) is 16.4. The van der Waals surface area contributed by atoms with E-state index in [1.54, 1.807) is 30.3 Å². The molecule has 1 aliphatic rings. The number of carbonyl (C=O) groups excluding carboxylic acids is 2. The SMILES string of the molecule is Cc1cccc(C=C2C(=O)NC(=S)N(c3ccc(Cl)cc3)C2=O)c1. The molecule has 4 nitrogen and oxygen atoms in total. The summed E-state index contributed by atoms with van der Waals surface area (Å²) in [4.78, 5) is 26.3. The number of anilines is 1. The second-order valence-corrected chi connectivity index (χ2v) is 6.17. The average Bonchev–Trinajstić information content (AvgIpc) is 2.53. The minimum Gasteiger partial charge on any atom is -0.298 e. The maximum absolute atomic E-state index is 12.8. The lowest BCUT2D eigenvalue weighted by Gasteiger charge is -2.28. The van der Waals surface area contributed by atoms with Crippen molar-refractivity contribution < 1.29 is 9.59 Å². The van der Waals surface area contributed by atoms with Crippen LogP contribution in [-0.4, -0.2) is 16.9 Å². The summed E-state index contributed by atoms with van der Waals surface area (Å²) in [5, 5.41) is 3.15. The average molecular weight is 357 g/mol. The van der Waals surface area contributed by atoms with E-state index in [2.05, 4.69) is 5.32 Å². The minimum absolute atomic E-state index is 0.0316. The van der Waals surface area contributed by atoms with Crippen molar-refractivity contribution in [2.75, 3.05) is 4.90 Å². The molecule has 1 heterocycles. The van der Waals surface area contributed by atoms with Gasteiger partial charge in [0.25, 0.3) is 11.8 Å². The van der Waals surface area contributed by atoms with Crippen LogP contribution in [0.3, 0.4) is 0 Å². The van der Waals surface area contributed by atoms with Gasteiger partial charge < -0.3 is 0 Å². The monoisotopic (exact) mass is 356 g/mol. The fourth-order valence-corrected chi connectivity index (χ4v) is 2.82. The number of amides is 2. The number of thiocarbonyl (C=S) groups is 1. The Hall–Kier alpha value is -2.50. The number of nitrogens with one attached hydrogen (secondary N) is 1. The van der Waals surface area contributed by atoms with Crippen LogP contribution in [-0.2, 0) is 9.59 Å². The summed E-state index contributed by atoms with van der Waals surface area (Å²) < 4.78 is 0. The van der Waals surface area contributed by atoms with Gasteiger partial charge in [-0.05, 0) is 55.0 Å². The molecule has 120 valence electrons. The minimum atomic E-state index is -0.503. The standard InChI is InChI=1S/C18H13ClN2O2S/c1-11-3-2-4-12(9-11)10-15-16(22)20-18(24)21(17(15)23)14-7-5-13(19)6-8-14/h2-10H,1H3,(H,20,22,24). The summed E-state index contributed by atoms with van der Waals surface area (Å²) in [5.41, 5.74) is 2.39. The fraction of sp³-hybridized carbons (Fsp3) is 0.0556. The van der Waals surface area contributed by atoms with Crippen LogP contribution in [0.4, 0.5) is 5.69 Å². The normalized spacial score (nSPS) is 16.5. The number of aryl methyl sites for hydroxylation is 1. The Bertz CT molecular complexity index is 875. The molecule has 0 saturated carbocycles. The van der Waals surface area contributed by atoms with Crippen molar-refractivity contribution in [1.82, 2.24) is 5.32 Å². The zero-order chi connectivity index (χ0) is 17.3. The highest BCUT2D eigenvalue weighted by molar-refractivity contribution is 7.80. The lowest BCUT2D eigenvalue weighted by molar-refractivity contribution is -0.122. The maximum Gasteiger partial charge on any atom is 0.270 e. The van der Waals surface area contributed by atoms with Crippen molar-refractivity contribution in [2.45, 2.75) is 6.92 Å². The van der Waals surface area contributed by atoms with Gasteiger partial charge in [0.05, 0.1) is 5.69 Å². The molecular weight excluding hydrogens is 344 g/mol. The maximum atomic E-state index is 12.8. The van der Waals surface area contributed by atoms with E-state index in [1.165, 1.54) is 4.90 Å². The molecule has 0 atom stereocenters. The lowest BCUT2D eigenvalue weighted by Crippen LogP contribution is -2.54. The first-order valence-electron chi connectivity index (χ1n) is 7.19. The van der Waals surface area contributed by atoms with Gasteiger partial charge in [0.1, 0.15) is 5.57 Å². The van der Waals surface area contributed by atoms with Crippen molar-refractivity contribution in [3.8, 4) is 0 Å². The number of hydrogen-bond donors (Lipinski definition) is 1. The highest BCUT2D eigenvalue weighted by Crippen LogP contribution is 2.23. The second kappa shape index (κ2) is 6.55. The molecule has 2 amide bonds. The van der Waals surface area contributed by atoms with Crippen molar-refractivity contribution in [2.24, 2.45) is 0 Å². The fourth-order valence-electron chi connectivity index (χ4n) is 2.41. The van der Waals surface area contributed by atoms with Crippen molar-refractivity contribution in [3.05, 3.63) is 70.3 Å². The van der Waals surface area contributed by atoms with Crippen LogP contribution in [0, 0.1) is 6.92 Å². The number of nitrogens with zero attached hydrogens (tertiary/aromatic N) is 1. The predicted octanol–water partition coefficient (Wildman–Crippen LogP) is 3.48. The zero-order valence-corrected chi connectivity index (χ0v) is 14.3. The summed E-state index contributed by atoms with van der Waals surface area (Å²) in [7, 11) is 0. The van der Waals surface area contributed by atoms with Crippen LogP contribution >= 0.6 is 23.8 Å². The number of hydrogen-bond acceptors (Lipinski definition) is 3. The smallest absolute Gasteiger partial charge is 0.270 e. The van der Waals surface area contributed by atoms with Gasteiger partial charge in [-0.1, -0.05) is 41.4 Å². The summed E-state index contributed by atoms with van der Waals surface area (Å²) >= 11 is 11.0. The van der Waals surface area contributed by atoms with E-state index in [1.807, 2.05) is 31.2 Å². The number of benzene rings is 2. The van der Waals surface area contributed by atoms with Crippen molar-refractivity contribution in [3.63, 3.8) is 0 Å². The third-order valence-electron chi connectivity index (χ3n) is 3.54. The van der Waals surface area contributed by atoms with Crippen LogP contribution in [0.1, 0.15) is 11.1 Å². The van der Waals surface area contributed by atoms with Gasteiger partial charge in [-0.15, -0.1) is 0 Å². The van der Waals surface area contributed by atoms with Gasteiger partial charge in [-0.3, -0.25) is 19.8 Å². The predicted molar refractivity (Wildman–Crippen MR) is 98.8 cm³/mol. The first-order valence-corrected chi connectivity index (χ1v) is 7.98. The van der Waals surface area contributed by atoms with Crippen molar-refractivity contribution >= 4 is 52.5 Å². The van der Waals surface area contributed by atoms with Crippen LogP contribution in [0.25, 0.3) is 6.08 Å². The second-order valence-electron chi connectivity index (χ2n) is 5.35. The largest absolute Gasteiger partial charge is 0.298 e. The molecule has 2 aromatic carbocycles. The lowest BCUT2D eigenvalue weighted by atomic mass is 10.1. The molecule has 0 unspecified atom stereocenters. The molecule has 0 spiro atoms.